The molecule has 0 spiro atoms. The van der Waals surface area contributed by atoms with Crippen LogP contribution in [0.1, 0.15) is 65.8 Å². The summed E-state index contributed by atoms with van der Waals surface area (Å²) in [6.45, 7) is 3.85. The molecule has 0 unspecified atom stereocenters. The Kier molecular flexibility index (Phi) is 10.6. The number of hydrogen-bond acceptors (Lipinski definition) is 8. The highest BCUT2D eigenvalue weighted by Gasteiger charge is 2.17. The van der Waals surface area contributed by atoms with Crippen LogP contribution in [0.5, 0.6) is 0 Å². The lowest BCUT2D eigenvalue weighted by Crippen LogP contribution is -2.16. The largest absolute Gasteiger partial charge is 0.478 e. The number of anilines is 2. The molecule has 0 radical (unpaired) electrons. The molecule has 10 nitrogen and oxygen atoms in total. The fourth-order valence-corrected chi connectivity index (χ4v) is 4.37. The van der Waals surface area contributed by atoms with Crippen molar-refractivity contribution in [1.82, 2.24) is 0 Å². The Morgan fingerprint density at radius 3 is 2.07 bits per heavy atom. The van der Waals surface area contributed by atoms with E-state index in [1.165, 1.54) is 6.07 Å². The van der Waals surface area contributed by atoms with Crippen molar-refractivity contribution in [1.29, 1.82) is 0 Å². The average molecular weight is 585 g/mol. The average Bonchev–Trinajstić information content (AvgIpc) is 2.99. The zero-order chi connectivity index (χ0) is 30.8. The number of aromatic carboxylic acids is 1. The van der Waals surface area contributed by atoms with Gasteiger partial charge in [0, 0.05) is 5.69 Å². The van der Waals surface area contributed by atoms with Crippen LogP contribution in [-0.2, 0) is 34.1 Å². The highest BCUT2D eigenvalue weighted by Crippen LogP contribution is 2.20. The normalized spacial score (nSPS) is 10.7. The van der Waals surface area contributed by atoms with Crippen molar-refractivity contribution in [3.05, 3.63) is 129 Å². The van der Waals surface area contributed by atoms with Crippen LogP contribution in [-0.4, -0.2) is 34.8 Å². The SMILES string of the molecule is CCOC(=O)c1ccc(COO)c(CONc2ccc(Cc3ccc(NC(=O)c4cc(C)ccc4C(=O)O)cc3)cc2)c1. The molecule has 4 N–H and O–H groups in total. The number of carboxylic acids is 1. The molecule has 0 saturated heterocycles. The minimum atomic E-state index is -1.16. The molecular formula is C33H32N2O8. The molecule has 43 heavy (non-hydrogen) atoms. The van der Waals surface area contributed by atoms with Crippen LogP contribution < -0.4 is 10.8 Å². The number of aryl methyl sites for hydroxylation is 1. The van der Waals surface area contributed by atoms with Gasteiger partial charge < -0.3 is 15.2 Å². The van der Waals surface area contributed by atoms with Gasteiger partial charge in [-0.1, -0.05) is 42.0 Å². The summed E-state index contributed by atoms with van der Waals surface area (Å²) in [4.78, 5) is 46.2. The fraction of sp³-hybridized carbons (Fsp3) is 0.182. The first-order valence-corrected chi connectivity index (χ1v) is 13.5. The predicted molar refractivity (Wildman–Crippen MR) is 160 cm³/mol. The van der Waals surface area contributed by atoms with E-state index in [1.807, 2.05) is 36.4 Å². The number of nitrogens with one attached hydrogen (secondary N) is 2. The Hall–Kier alpha value is -5.03. The maximum absolute atomic E-state index is 12.7. The van der Waals surface area contributed by atoms with Crippen molar-refractivity contribution in [2.24, 2.45) is 0 Å². The van der Waals surface area contributed by atoms with E-state index < -0.39 is 17.8 Å². The molecule has 0 fully saturated rings. The Morgan fingerprint density at radius 1 is 0.767 bits per heavy atom. The van der Waals surface area contributed by atoms with Gasteiger partial charge in [0.2, 0.25) is 0 Å². The lowest BCUT2D eigenvalue weighted by Gasteiger charge is -2.12. The molecule has 0 aliphatic carbocycles. The summed E-state index contributed by atoms with van der Waals surface area (Å²) >= 11 is 0. The number of rotatable bonds is 13. The van der Waals surface area contributed by atoms with Crippen molar-refractivity contribution >= 4 is 29.2 Å². The van der Waals surface area contributed by atoms with Gasteiger partial charge >= 0.3 is 11.9 Å². The summed E-state index contributed by atoms with van der Waals surface area (Å²) in [6.07, 6.45) is 0.654. The van der Waals surface area contributed by atoms with Crippen LogP contribution in [0.2, 0.25) is 0 Å². The molecule has 4 aromatic carbocycles. The molecule has 0 aliphatic heterocycles. The number of carbonyl (C=O) groups excluding carboxylic acids is 2. The lowest BCUT2D eigenvalue weighted by atomic mass is 10.0. The van der Waals surface area contributed by atoms with E-state index in [2.05, 4.69) is 15.7 Å². The van der Waals surface area contributed by atoms with E-state index in [9.17, 15) is 19.5 Å². The van der Waals surface area contributed by atoms with Crippen molar-refractivity contribution in [3.63, 3.8) is 0 Å². The Balaban J connectivity index is 1.32. The van der Waals surface area contributed by atoms with E-state index in [-0.39, 0.29) is 30.9 Å². The van der Waals surface area contributed by atoms with E-state index >= 15 is 0 Å². The van der Waals surface area contributed by atoms with Gasteiger partial charge in [-0.3, -0.25) is 20.4 Å². The van der Waals surface area contributed by atoms with Gasteiger partial charge in [-0.05, 0) is 91.1 Å². The highest BCUT2D eigenvalue weighted by molar-refractivity contribution is 6.10. The molecule has 0 aliphatic rings. The highest BCUT2D eigenvalue weighted by atomic mass is 17.1. The minimum absolute atomic E-state index is 0.0488. The Bertz CT molecular complexity index is 1580. The molecule has 222 valence electrons. The monoisotopic (exact) mass is 584 g/mol. The second kappa shape index (κ2) is 14.7. The topological polar surface area (TPSA) is 143 Å². The van der Waals surface area contributed by atoms with Crippen molar-refractivity contribution in [3.8, 4) is 0 Å². The quantitative estimate of drug-likeness (QED) is 0.0815. The molecule has 0 heterocycles. The minimum Gasteiger partial charge on any atom is -0.478 e. The third-order valence-electron chi connectivity index (χ3n) is 6.58. The van der Waals surface area contributed by atoms with Gasteiger partial charge in [-0.2, -0.15) is 0 Å². The molecule has 0 saturated carbocycles. The molecule has 1 amide bonds. The number of esters is 1. The third kappa shape index (κ3) is 8.49. The number of hydrogen-bond donors (Lipinski definition) is 4. The molecule has 10 heteroatoms. The standard InChI is InChI=1S/C33H32N2O8/c1-3-41-33(39)24-9-10-25(20-43-40)26(18-24)19-42-35-28-13-7-23(8-14-28)17-22-5-11-27(12-6-22)34-31(36)30-16-21(2)4-15-29(30)32(37)38/h4-16,18,35,40H,3,17,19-20H2,1-2H3,(H,34,36)(H,37,38). The summed E-state index contributed by atoms with van der Waals surface area (Å²) in [5.74, 6) is -2.08. The van der Waals surface area contributed by atoms with Gasteiger partial charge in [0.1, 0.15) is 13.2 Å². The van der Waals surface area contributed by atoms with E-state index in [4.69, 9.17) is 14.8 Å². The van der Waals surface area contributed by atoms with Crippen LogP contribution in [0.25, 0.3) is 0 Å². The number of benzene rings is 4. The zero-order valence-electron chi connectivity index (χ0n) is 23.8. The van der Waals surface area contributed by atoms with E-state index in [0.29, 0.717) is 28.8 Å². The molecule has 0 aromatic heterocycles. The zero-order valence-corrected chi connectivity index (χ0v) is 23.8. The van der Waals surface area contributed by atoms with Crippen LogP contribution in [0.4, 0.5) is 11.4 Å². The summed E-state index contributed by atoms with van der Waals surface area (Å²) in [5.41, 5.74) is 8.80. The van der Waals surface area contributed by atoms with Gasteiger partial charge in [-0.15, -0.1) is 0 Å². The van der Waals surface area contributed by atoms with Crippen molar-refractivity contribution in [2.45, 2.75) is 33.5 Å². The van der Waals surface area contributed by atoms with Gasteiger partial charge in [0.05, 0.1) is 29.0 Å². The van der Waals surface area contributed by atoms with Crippen molar-refractivity contribution in [2.75, 3.05) is 17.4 Å². The van der Waals surface area contributed by atoms with Crippen molar-refractivity contribution < 1.29 is 39.2 Å². The Morgan fingerprint density at radius 2 is 1.44 bits per heavy atom. The van der Waals surface area contributed by atoms with E-state index in [1.54, 1.807) is 56.3 Å². The lowest BCUT2D eigenvalue weighted by molar-refractivity contribution is -0.253. The first kappa shape index (κ1) is 30.9. The number of ether oxygens (including phenoxy) is 1. The summed E-state index contributed by atoms with van der Waals surface area (Å²) in [7, 11) is 0. The second-order valence-electron chi connectivity index (χ2n) is 9.75. The Labute approximate surface area is 248 Å². The number of carbonyl (C=O) groups is 3. The van der Waals surface area contributed by atoms with Crippen LogP contribution in [0.3, 0.4) is 0 Å². The summed E-state index contributed by atoms with van der Waals surface area (Å²) in [6, 6.07) is 24.6. The van der Waals surface area contributed by atoms with Crippen LogP contribution in [0.15, 0.2) is 84.9 Å². The summed E-state index contributed by atoms with van der Waals surface area (Å²) < 4.78 is 5.05. The predicted octanol–water partition coefficient (Wildman–Crippen LogP) is 6.25. The van der Waals surface area contributed by atoms with Crippen LogP contribution in [0, 0.1) is 6.92 Å². The maximum atomic E-state index is 12.7. The first-order chi connectivity index (χ1) is 20.8. The van der Waals surface area contributed by atoms with E-state index in [0.717, 1.165) is 22.4 Å². The molecule has 0 bridgehead atoms. The molecule has 4 rings (SSSR count). The van der Waals surface area contributed by atoms with Gasteiger partial charge in [-0.25, -0.2) is 14.5 Å². The van der Waals surface area contributed by atoms with Gasteiger partial charge in [0.15, 0.2) is 0 Å². The molecule has 4 aromatic rings. The maximum Gasteiger partial charge on any atom is 0.338 e. The number of amides is 1. The summed E-state index contributed by atoms with van der Waals surface area (Å²) in [5, 5.41) is 21.1. The van der Waals surface area contributed by atoms with Crippen LogP contribution >= 0.6 is 0 Å². The third-order valence-corrected chi connectivity index (χ3v) is 6.58. The first-order valence-electron chi connectivity index (χ1n) is 13.5. The fourth-order valence-electron chi connectivity index (χ4n) is 4.37. The molecule has 0 atom stereocenters. The second-order valence-corrected chi connectivity index (χ2v) is 9.75. The smallest absolute Gasteiger partial charge is 0.338 e. The molecular weight excluding hydrogens is 552 g/mol. The van der Waals surface area contributed by atoms with Gasteiger partial charge in [0.25, 0.3) is 5.91 Å². The number of carboxylic acid groups (broad SMARTS) is 1.